The van der Waals surface area contributed by atoms with Crippen molar-refractivity contribution in [2.75, 3.05) is 19.4 Å². The SMILES string of the molecule is Cc1ccc(NC(=O)N(C)C)c(CN)c1. The molecule has 0 bridgehead atoms. The second-order valence-electron chi connectivity index (χ2n) is 3.69. The van der Waals surface area contributed by atoms with E-state index in [0.29, 0.717) is 6.54 Å². The number of hydrogen-bond donors (Lipinski definition) is 2. The van der Waals surface area contributed by atoms with E-state index in [4.69, 9.17) is 5.73 Å². The number of urea groups is 1. The van der Waals surface area contributed by atoms with E-state index < -0.39 is 0 Å². The predicted octanol–water partition coefficient (Wildman–Crippen LogP) is 1.55. The summed E-state index contributed by atoms with van der Waals surface area (Å²) < 4.78 is 0. The zero-order valence-corrected chi connectivity index (χ0v) is 9.37. The first-order valence-corrected chi connectivity index (χ1v) is 4.82. The zero-order chi connectivity index (χ0) is 11.4. The summed E-state index contributed by atoms with van der Waals surface area (Å²) >= 11 is 0. The number of aryl methyl sites for hydroxylation is 1. The summed E-state index contributed by atoms with van der Waals surface area (Å²) in [6.07, 6.45) is 0. The highest BCUT2D eigenvalue weighted by molar-refractivity contribution is 5.89. The van der Waals surface area contributed by atoms with Crippen LogP contribution in [0.25, 0.3) is 0 Å². The van der Waals surface area contributed by atoms with Gasteiger partial charge in [-0.2, -0.15) is 0 Å². The van der Waals surface area contributed by atoms with E-state index in [-0.39, 0.29) is 6.03 Å². The van der Waals surface area contributed by atoms with Crippen LogP contribution in [-0.4, -0.2) is 25.0 Å². The Morgan fingerprint density at radius 1 is 1.47 bits per heavy atom. The maximum absolute atomic E-state index is 11.4. The fourth-order valence-electron chi connectivity index (χ4n) is 1.24. The Morgan fingerprint density at radius 2 is 2.13 bits per heavy atom. The molecule has 0 atom stereocenters. The molecule has 0 unspecified atom stereocenters. The van der Waals surface area contributed by atoms with Gasteiger partial charge >= 0.3 is 6.03 Å². The molecule has 0 saturated heterocycles. The van der Waals surface area contributed by atoms with Gasteiger partial charge in [0.25, 0.3) is 0 Å². The molecule has 0 heterocycles. The van der Waals surface area contributed by atoms with Crippen LogP contribution in [0.3, 0.4) is 0 Å². The van der Waals surface area contributed by atoms with Gasteiger partial charge in [0, 0.05) is 26.3 Å². The molecule has 2 amide bonds. The lowest BCUT2D eigenvalue weighted by Gasteiger charge is -2.14. The van der Waals surface area contributed by atoms with E-state index in [9.17, 15) is 4.79 Å². The van der Waals surface area contributed by atoms with Crippen molar-refractivity contribution in [3.8, 4) is 0 Å². The lowest BCUT2D eigenvalue weighted by atomic mass is 10.1. The molecule has 82 valence electrons. The van der Waals surface area contributed by atoms with Crippen molar-refractivity contribution < 1.29 is 4.79 Å². The summed E-state index contributed by atoms with van der Waals surface area (Å²) in [6.45, 7) is 2.42. The Hall–Kier alpha value is -1.55. The van der Waals surface area contributed by atoms with Crippen LogP contribution in [0, 0.1) is 6.92 Å². The largest absolute Gasteiger partial charge is 0.331 e. The molecule has 1 rings (SSSR count). The first-order chi connectivity index (χ1) is 7.04. The number of carbonyl (C=O) groups is 1. The number of nitrogens with two attached hydrogens (primary N) is 1. The number of nitrogens with one attached hydrogen (secondary N) is 1. The highest BCUT2D eigenvalue weighted by Crippen LogP contribution is 2.16. The fraction of sp³-hybridized carbons (Fsp3) is 0.364. The van der Waals surface area contributed by atoms with Gasteiger partial charge in [0.2, 0.25) is 0 Å². The molecular weight excluding hydrogens is 190 g/mol. The Morgan fingerprint density at radius 3 is 2.67 bits per heavy atom. The number of anilines is 1. The van der Waals surface area contributed by atoms with Crippen molar-refractivity contribution in [2.45, 2.75) is 13.5 Å². The van der Waals surface area contributed by atoms with Gasteiger partial charge in [-0.25, -0.2) is 4.79 Å². The summed E-state index contributed by atoms with van der Waals surface area (Å²) in [7, 11) is 3.40. The Bertz CT molecular complexity index is 361. The molecule has 0 saturated carbocycles. The van der Waals surface area contributed by atoms with E-state index in [1.807, 2.05) is 25.1 Å². The minimum absolute atomic E-state index is 0.145. The normalized spacial score (nSPS) is 9.87. The first-order valence-electron chi connectivity index (χ1n) is 4.82. The maximum Gasteiger partial charge on any atom is 0.321 e. The van der Waals surface area contributed by atoms with Crippen molar-refractivity contribution >= 4 is 11.7 Å². The van der Waals surface area contributed by atoms with Gasteiger partial charge in [-0.1, -0.05) is 17.7 Å². The van der Waals surface area contributed by atoms with Crippen LogP contribution in [0.2, 0.25) is 0 Å². The lowest BCUT2D eigenvalue weighted by molar-refractivity contribution is 0.230. The molecule has 4 nitrogen and oxygen atoms in total. The molecule has 0 radical (unpaired) electrons. The molecule has 3 N–H and O–H groups in total. The molecule has 0 aliphatic heterocycles. The molecule has 0 aliphatic carbocycles. The van der Waals surface area contributed by atoms with Crippen LogP contribution in [0.4, 0.5) is 10.5 Å². The highest BCUT2D eigenvalue weighted by atomic mass is 16.2. The number of hydrogen-bond acceptors (Lipinski definition) is 2. The molecule has 0 aromatic heterocycles. The quantitative estimate of drug-likeness (QED) is 0.773. The number of carbonyl (C=O) groups excluding carboxylic acids is 1. The molecule has 0 aliphatic rings. The van der Waals surface area contributed by atoms with Crippen molar-refractivity contribution in [3.05, 3.63) is 29.3 Å². The summed E-state index contributed by atoms with van der Waals surface area (Å²) in [5.74, 6) is 0. The molecular formula is C11H17N3O. The molecule has 1 aromatic carbocycles. The minimum atomic E-state index is -0.145. The van der Waals surface area contributed by atoms with Gasteiger partial charge in [0.1, 0.15) is 0 Å². The van der Waals surface area contributed by atoms with Crippen molar-refractivity contribution in [3.63, 3.8) is 0 Å². The van der Waals surface area contributed by atoms with Gasteiger partial charge in [0.05, 0.1) is 0 Å². The van der Waals surface area contributed by atoms with E-state index in [1.54, 1.807) is 14.1 Å². The van der Waals surface area contributed by atoms with Gasteiger partial charge in [-0.05, 0) is 18.6 Å². The van der Waals surface area contributed by atoms with Crippen molar-refractivity contribution in [1.29, 1.82) is 0 Å². The molecule has 0 fully saturated rings. The highest BCUT2D eigenvalue weighted by Gasteiger charge is 2.07. The lowest BCUT2D eigenvalue weighted by Crippen LogP contribution is -2.28. The minimum Gasteiger partial charge on any atom is -0.331 e. The number of nitrogens with zero attached hydrogens (tertiary/aromatic N) is 1. The summed E-state index contributed by atoms with van der Waals surface area (Å²) in [5, 5.41) is 2.80. The summed E-state index contributed by atoms with van der Waals surface area (Å²) in [6, 6.07) is 5.66. The van der Waals surface area contributed by atoms with Crippen molar-refractivity contribution in [1.82, 2.24) is 4.90 Å². The summed E-state index contributed by atoms with van der Waals surface area (Å²) in [4.78, 5) is 12.9. The third-order valence-corrected chi connectivity index (χ3v) is 2.13. The van der Waals surface area contributed by atoms with Gasteiger partial charge in [-0.15, -0.1) is 0 Å². The monoisotopic (exact) mass is 207 g/mol. The average Bonchev–Trinajstić information content (AvgIpc) is 2.20. The Balaban J connectivity index is 2.89. The van der Waals surface area contributed by atoms with Gasteiger partial charge in [-0.3, -0.25) is 0 Å². The standard InChI is InChI=1S/C11H17N3O/c1-8-4-5-10(9(6-8)7-12)13-11(15)14(2)3/h4-6H,7,12H2,1-3H3,(H,13,15). The first kappa shape index (κ1) is 11.5. The molecule has 0 spiro atoms. The maximum atomic E-state index is 11.4. The second kappa shape index (κ2) is 4.79. The van der Waals surface area contributed by atoms with E-state index in [1.165, 1.54) is 4.90 Å². The van der Waals surface area contributed by atoms with E-state index >= 15 is 0 Å². The number of benzene rings is 1. The molecule has 1 aromatic rings. The van der Waals surface area contributed by atoms with Crippen molar-refractivity contribution in [2.24, 2.45) is 5.73 Å². The van der Waals surface area contributed by atoms with Crippen LogP contribution in [0.5, 0.6) is 0 Å². The van der Waals surface area contributed by atoms with Crippen LogP contribution in [0.1, 0.15) is 11.1 Å². The number of amides is 2. The van der Waals surface area contributed by atoms with E-state index in [0.717, 1.165) is 16.8 Å². The van der Waals surface area contributed by atoms with Crippen LogP contribution in [-0.2, 0) is 6.54 Å². The van der Waals surface area contributed by atoms with Crippen LogP contribution < -0.4 is 11.1 Å². The summed E-state index contributed by atoms with van der Waals surface area (Å²) in [5.41, 5.74) is 8.47. The smallest absolute Gasteiger partial charge is 0.321 e. The van der Waals surface area contributed by atoms with Gasteiger partial charge < -0.3 is 16.0 Å². The van der Waals surface area contributed by atoms with E-state index in [2.05, 4.69) is 5.32 Å². The Labute approximate surface area is 90.1 Å². The fourth-order valence-corrected chi connectivity index (χ4v) is 1.24. The third-order valence-electron chi connectivity index (χ3n) is 2.13. The third kappa shape index (κ3) is 2.95. The van der Waals surface area contributed by atoms with Gasteiger partial charge in [0.15, 0.2) is 0 Å². The average molecular weight is 207 g/mol. The predicted molar refractivity (Wildman–Crippen MR) is 61.8 cm³/mol. The molecule has 4 heteroatoms. The zero-order valence-electron chi connectivity index (χ0n) is 9.37. The van der Waals surface area contributed by atoms with Crippen LogP contribution in [0.15, 0.2) is 18.2 Å². The van der Waals surface area contributed by atoms with Crippen LogP contribution >= 0.6 is 0 Å². The second-order valence-corrected chi connectivity index (χ2v) is 3.69. The Kier molecular flexibility index (Phi) is 3.68. The number of rotatable bonds is 2. The molecule has 15 heavy (non-hydrogen) atoms. The topological polar surface area (TPSA) is 58.4 Å².